The molecule has 1 saturated carbocycles. The van der Waals surface area contributed by atoms with Gasteiger partial charge in [-0.25, -0.2) is 21.9 Å². The minimum absolute atomic E-state index is 0.0360. The van der Waals surface area contributed by atoms with Gasteiger partial charge in [-0.05, 0) is 31.0 Å². The van der Waals surface area contributed by atoms with E-state index in [1.165, 1.54) is 0 Å². The molecule has 1 aromatic carbocycles. The SMILES string of the molecule is O=S(=O)(NCC1(OCCO)CCCC1)c1ccc(F)c(F)c1. The predicted molar refractivity (Wildman–Crippen MR) is 75.8 cm³/mol. The lowest BCUT2D eigenvalue weighted by Crippen LogP contribution is -2.43. The van der Waals surface area contributed by atoms with Crippen molar-refractivity contribution in [2.45, 2.75) is 36.2 Å². The van der Waals surface area contributed by atoms with Gasteiger partial charge in [-0.15, -0.1) is 0 Å². The van der Waals surface area contributed by atoms with E-state index in [0.29, 0.717) is 18.9 Å². The Kier molecular flexibility index (Phi) is 5.49. The number of hydrogen-bond donors (Lipinski definition) is 2. The molecule has 124 valence electrons. The zero-order chi connectivity index (χ0) is 16.2. The van der Waals surface area contributed by atoms with E-state index in [-0.39, 0.29) is 24.7 Å². The van der Waals surface area contributed by atoms with E-state index < -0.39 is 27.3 Å². The monoisotopic (exact) mass is 335 g/mol. The predicted octanol–water partition coefficient (Wildman–Crippen LogP) is 1.56. The van der Waals surface area contributed by atoms with E-state index in [9.17, 15) is 17.2 Å². The maximum Gasteiger partial charge on any atom is 0.240 e. The van der Waals surface area contributed by atoms with Crippen LogP contribution in [0.1, 0.15) is 25.7 Å². The highest BCUT2D eigenvalue weighted by molar-refractivity contribution is 7.89. The average molecular weight is 335 g/mol. The largest absolute Gasteiger partial charge is 0.394 e. The van der Waals surface area contributed by atoms with Crippen LogP contribution in [0.4, 0.5) is 8.78 Å². The number of halogens is 2. The first-order chi connectivity index (χ1) is 10.4. The lowest BCUT2D eigenvalue weighted by atomic mass is 10.0. The van der Waals surface area contributed by atoms with Gasteiger partial charge in [-0.3, -0.25) is 0 Å². The van der Waals surface area contributed by atoms with Crippen LogP contribution < -0.4 is 4.72 Å². The zero-order valence-electron chi connectivity index (χ0n) is 12.0. The van der Waals surface area contributed by atoms with Crippen molar-refractivity contribution in [1.29, 1.82) is 0 Å². The molecule has 2 N–H and O–H groups in total. The Morgan fingerprint density at radius 2 is 1.91 bits per heavy atom. The maximum atomic E-state index is 13.2. The van der Waals surface area contributed by atoms with Crippen LogP contribution in [0.3, 0.4) is 0 Å². The van der Waals surface area contributed by atoms with Crippen LogP contribution >= 0.6 is 0 Å². The summed E-state index contributed by atoms with van der Waals surface area (Å²) in [5, 5.41) is 8.86. The molecule has 0 aromatic heterocycles. The number of sulfonamides is 1. The molecular formula is C14H19F2NO4S. The highest BCUT2D eigenvalue weighted by atomic mass is 32.2. The fourth-order valence-corrected chi connectivity index (χ4v) is 3.73. The summed E-state index contributed by atoms with van der Waals surface area (Å²) in [5.74, 6) is -2.31. The molecule has 1 aliphatic rings. The molecule has 0 heterocycles. The minimum atomic E-state index is -3.95. The van der Waals surface area contributed by atoms with Crippen molar-refractivity contribution >= 4 is 10.0 Å². The molecule has 0 radical (unpaired) electrons. The van der Waals surface area contributed by atoms with Crippen LogP contribution in [0.25, 0.3) is 0 Å². The Bertz CT molecular complexity index is 615. The molecule has 0 amide bonds. The Morgan fingerprint density at radius 1 is 1.23 bits per heavy atom. The van der Waals surface area contributed by atoms with E-state index >= 15 is 0 Å². The normalized spacial score (nSPS) is 17.8. The molecule has 1 aliphatic carbocycles. The molecular weight excluding hydrogens is 316 g/mol. The first-order valence-corrected chi connectivity index (χ1v) is 8.56. The molecule has 22 heavy (non-hydrogen) atoms. The van der Waals surface area contributed by atoms with E-state index in [1.807, 2.05) is 0 Å². The van der Waals surface area contributed by atoms with E-state index in [2.05, 4.69) is 4.72 Å². The number of ether oxygens (including phenoxy) is 1. The van der Waals surface area contributed by atoms with Crippen molar-refractivity contribution in [3.63, 3.8) is 0 Å². The molecule has 0 bridgehead atoms. The summed E-state index contributed by atoms with van der Waals surface area (Å²) in [6.07, 6.45) is 3.21. The second-order valence-electron chi connectivity index (χ2n) is 5.36. The van der Waals surface area contributed by atoms with Crippen molar-refractivity contribution in [1.82, 2.24) is 4.72 Å². The number of nitrogens with one attached hydrogen (secondary N) is 1. The summed E-state index contributed by atoms with van der Waals surface area (Å²) in [5.41, 5.74) is -0.644. The lowest BCUT2D eigenvalue weighted by molar-refractivity contribution is -0.0492. The molecule has 0 spiro atoms. The summed E-state index contributed by atoms with van der Waals surface area (Å²) in [6.45, 7) is 0.0267. The van der Waals surface area contributed by atoms with Gasteiger partial charge in [-0.1, -0.05) is 12.8 Å². The number of benzene rings is 1. The van der Waals surface area contributed by atoms with Crippen LogP contribution in [0.15, 0.2) is 23.1 Å². The Balaban J connectivity index is 2.09. The third-order valence-corrected chi connectivity index (χ3v) is 5.20. The van der Waals surface area contributed by atoms with Crippen molar-refractivity contribution in [2.75, 3.05) is 19.8 Å². The van der Waals surface area contributed by atoms with Gasteiger partial charge < -0.3 is 9.84 Å². The highest BCUT2D eigenvalue weighted by Gasteiger charge is 2.36. The van der Waals surface area contributed by atoms with Crippen LogP contribution in [-0.2, 0) is 14.8 Å². The fraction of sp³-hybridized carbons (Fsp3) is 0.571. The van der Waals surface area contributed by atoms with E-state index in [4.69, 9.17) is 9.84 Å². The molecule has 5 nitrogen and oxygen atoms in total. The molecule has 0 aliphatic heterocycles. The van der Waals surface area contributed by atoms with Crippen molar-refractivity contribution < 1.29 is 27.0 Å². The van der Waals surface area contributed by atoms with Crippen molar-refractivity contribution in [3.05, 3.63) is 29.8 Å². The van der Waals surface area contributed by atoms with Gasteiger partial charge in [-0.2, -0.15) is 0 Å². The van der Waals surface area contributed by atoms with Crippen LogP contribution in [0, 0.1) is 11.6 Å². The van der Waals surface area contributed by atoms with Gasteiger partial charge in [0.25, 0.3) is 0 Å². The number of rotatable bonds is 7. The Hall–Kier alpha value is -1.09. The summed E-state index contributed by atoms with van der Waals surface area (Å²) in [7, 11) is -3.95. The quantitative estimate of drug-likeness (QED) is 0.793. The molecule has 1 fully saturated rings. The van der Waals surface area contributed by atoms with E-state index in [1.54, 1.807) is 0 Å². The summed E-state index contributed by atoms with van der Waals surface area (Å²) in [4.78, 5) is -0.332. The number of aliphatic hydroxyl groups excluding tert-OH is 1. The van der Waals surface area contributed by atoms with Crippen molar-refractivity contribution in [2.24, 2.45) is 0 Å². The lowest BCUT2D eigenvalue weighted by Gasteiger charge is -2.29. The second kappa shape index (κ2) is 6.99. The van der Waals surface area contributed by atoms with Crippen LogP contribution in [0.2, 0.25) is 0 Å². The standard InChI is InChI=1S/C14H19F2NO4S/c15-12-4-3-11(9-13(12)16)22(19,20)17-10-14(21-8-7-18)5-1-2-6-14/h3-4,9,17-18H,1-2,5-8,10H2. The summed E-state index contributed by atoms with van der Waals surface area (Å²) in [6, 6.07) is 2.43. The molecule has 2 rings (SSSR count). The van der Waals surface area contributed by atoms with Gasteiger partial charge in [0.1, 0.15) is 0 Å². The van der Waals surface area contributed by atoms with Gasteiger partial charge in [0.2, 0.25) is 10.0 Å². The molecule has 0 saturated heterocycles. The van der Waals surface area contributed by atoms with E-state index in [0.717, 1.165) is 25.0 Å². The third kappa shape index (κ3) is 4.01. The van der Waals surface area contributed by atoms with Gasteiger partial charge in [0, 0.05) is 6.54 Å². The third-order valence-electron chi connectivity index (χ3n) is 3.80. The smallest absolute Gasteiger partial charge is 0.240 e. The first kappa shape index (κ1) is 17.3. The van der Waals surface area contributed by atoms with Crippen molar-refractivity contribution in [3.8, 4) is 0 Å². The Morgan fingerprint density at radius 3 is 2.50 bits per heavy atom. The summed E-state index contributed by atoms with van der Waals surface area (Å²) < 4.78 is 58.4. The first-order valence-electron chi connectivity index (χ1n) is 7.08. The van der Waals surface area contributed by atoms with Crippen LogP contribution in [0.5, 0.6) is 0 Å². The van der Waals surface area contributed by atoms with Gasteiger partial charge in [0.15, 0.2) is 11.6 Å². The number of hydrogen-bond acceptors (Lipinski definition) is 4. The fourth-order valence-electron chi connectivity index (χ4n) is 2.61. The number of aliphatic hydroxyl groups is 1. The van der Waals surface area contributed by atoms with Crippen LogP contribution in [-0.4, -0.2) is 38.9 Å². The topological polar surface area (TPSA) is 75.6 Å². The second-order valence-corrected chi connectivity index (χ2v) is 7.13. The molecule has 0 atom stereocenters. The molecule has 1 aromatic rings. The molecule has 8 heteroatoms. The Labute approximate surface area is 128 Å². The van der Waals surface area contributed by atoms with Gasteiger partial charge in [0.05, 0.1) is 23.7 Å². The minimum Gasteiger partial charge on any atom is -0.394 e. The maximum absolute atomic E-state index is 13.2. The zero-order valence-corrected chi connectivity index (χ0v) is 12.8. The average Bonchev–Trinajstić information content (AvgIpc) is 2.95. The highest BCUT2D eigenvalue weighted by Crippen LogP contribution is 2.33. The summed E-state index contributed by atoms with van der Waals surface area (Å²) >= 11 is 0. The van der Waals surface area contributed by atoms with Gasteiger partial charge >= 0.3 is 0 Å². The molecule has 0 unspecified atom stereocenters.